The van der Waals surface area contributed by atoms with Crippen LogP contribution in [0.25, 0.3) is 0 Å². The Morgan fingerprint density at radius 3 is 2.02 bits per heavy atom. The zero-order chi connectivity index (χ0) is 39.8. The molecule has 0 aromatic rings. The number of fused-ring (bicyclic) bond motifs is 5. The first kappa shape index (κ1) is 43.4. The molecule has 4 saturated carbocycles. The first-order chi connectivity index (χ1) is 25.4. The third kappa shape index (κ3) is 10.9. The molecule has 4 unspecified atom stereocenters. The quantitative estimate of drug-likeness (QED) is 0.0785. The van der Waals surface area contributed by atoms with Crippen LogP contribution in [0.1, 0.15) is 104 Å². The summed E-state index contributed by atoms with van der Waals surface area (Å²) in [5.74, 6) is -2.17. The van der Waals surface area contributed by atoms with Crippen LogP contribution in [0.5, 0.6) is 0 Å². The summed E-state index contributed by atoms with van der Waals surface area (Å²) in [5.41, 5.74) is 0.472. The highest BCUT2D eigenvalue weighted by Gasteiger charge is 2.60. The smallest absolute Gasteiger partial charge is 0.320 e. The van der Waals surface area contributed by atoms with Gasteiger partial charge in [-0.1, -0.05) is 20.8 Å². The van der Waals surface area contributed by atoms with Gasteiger partial charge >= 0.3 is 29.8 Å². The van der Waals surface area contributed by atoms with Gasteiger partial charge in [0.05, 0.1) is 19.6 Å². The van der Waals surface area contributed by atoms with Crippen molar-refractivity contribution in [1.29, 1.82) is 0 Å². The lowest BCUT2D eigenvalue weighted by molar-refractivity contribution is -0.146. The van der Waals surface area contributed by atoms with Crippen LogP contribution in [0.3, 0.4) is 0 Å². The van der Waals surface area contributed by atoms with E-state index in [0.717, 1.165) is 32.1 Å². The predicted molar refractivity (Wildman–Crippen MR) is 198 cm³/mol. The topological polar surface area (TPSA) is 234 Å². The molecule has 0 spiro atoms. The third-order valence-electron chi connectivity index (χ3n) is 14.2. The number of rotatable bonds is 22. The van der Waals surface area contributed by atoms with E-state index in [1.165, 1.54) is 41.9 Å². The number of amides is 1. The molecule has 1 amide bonds. The normalized spacial score (nSPS) is 31.5. The molecule has 10 atom stereocenters. The molecular weight excluding hydrogens is 700 g/mol. The molecule has 15 heteroatoms. The minimum Gasteiger partial charge on any atom is -0.481 e. The van der Waals surface area contributed by atoms with Crippen LogP contribution >= 0.6 is 0 Å². The van der Waals surface area contributed by atoms with Gasteiger partial charge in [0.25, 0.3) is 0 Å². The molecule has 306 valence electrons. The minimum atomic E-state index is -1.22. The van der Waals surface area contributed by atoms with Gasteiger partial charge in [-0.15, -0.1) is 0 Å². The van der Waals surface area contributed by atoms with Crippen molar-refractivity contribution in [2.24, 2.45) is 46.3 Å². The summed E-state index contributed by atoms with van der Waals surface area (Å²) in [6, 6.07) is -1.12. The second-order valence-electron chi connectivity index (χ2n) is 17.3. The van der Waals surface area contributed by atoms with Crippen LogP contribution in [0, 0.1) is 46.3 Å². The molecule has 7 N–H and O–H groups in total. The fraction of sp³-hybridized carbons (Fsp3) is 0.846. The molecule has 4 aliphatic rings. The van der Waals surface area contributed by atoms with Crippen LogP contribution < -0.4 is 10.6 Å². The lowest BCUT2D eigenvalue weighted by Crippen LogP contribution is -2.55. The highest BCUT2D eigenvalue weighted by Crippen LogP contribution is 2.68. The monoisotopic (exact) mass is 764 g/mol. The van der Waals surface area contributed by atoms with E-state index in [-0.39, 0.29) is 74.8 Å². The van der Waals surface area contributed by atoms with Crippen molar-refractivity contribution in [2.75, 3.05) is 45.8 Å². The van der Waals surface area contributed by atoms with Crippen molar-refractivity contribution in [3.63, 3.8) is 0 Å². The van der Waals surface area contributed by atoms with Crippen molar-refractivity contribution in [1.82, 2.24) is 20.4 Å². The second kappa shape index (κ2) is 19.0. The van der Waals surface area contributed by atoms with Gasteiger partial charge in [-0.2, -0.15) is 0 Å². The average molecular weight is 765 g/mol. The highest BCUT2D eigenvalue weighted by atomic mass is 16.4. The molecule has 0 radical (unpaired) electrons. The van der Waals surface area contributed by atoms with Crippen molar-refractivity contribution in [3.8, 4) is 0 Å². The number of carboxylic acids is 5. The number of aliphatic carboxylic acids is 5. The molecule has 54 heavy (non-hydrogen) atoms. The molecule has 0 aliphatic heterocycles. The maximum Gasteiger partial charge on any atom is 0.320 e. The molecule has 4 fully saturated rings. The zero-order valence-corrected chi connectivity index (χ0v) is 32.3. The molecule has 0 aromatic heterocycles. The van der Waals surface area contributed by atoms with Crippen LogP contribution in [0.15, 0.2) is 0 Å². The highest BCUT2D eigenvalue weighted by molar-refractivity contribution is 5.78. The second-order valence-corrected chi connectivity index (χ2v) is 17.3. The van der Waals surface area contributed by atoms with E-state index in [9.17, 15) is 49.2 Å². The van der Waals surface area contributed by atoms with Gasteiger partial charge in [-0.05, 0) is 117 Å². The summed E-state index contributed by atoms with van der Waals surface area (Å²) < 4.78 is 0. The Labute approximate surface area is 318 Å². The first-order valence-electron chi connectivity index (χ1n) is 20.0. The number of hydrogen-bond acceptors (Lipinski definition) is 9. The van der Waals surface area contributed by atoms with Gasteiger partial charge < -0.3 is 36.2 Å². The van der Waals surface area contributed by atoms with E-state index in [1.807, 2.05) is 0 Å². The van der Waals surface area contributed by atoms with Gasteiger partial charge in [0.2, 0.25) is 5.91 Å². The molecule has 0 heterocycles. The molecule has 0 aromatic carbocycles. The number of carboxylic acid groups (broad SMARTS) is 5. The fourth-order valence-electron chi connectivity index (χ4n) is 11.7. The molecule has 15 nitrogen and oxygen atoms in total. The Hall–Kier alpha value is -3.30. The SMILES string of the molecule is CC(CCC(=O)O)[C@H]1CCC2C3CC[C@@H]4C[C@@H](NC(=O)CC[C@@H](C(=O)O)N(CCNCC(=O)O)CCN(CC(=O)O)CC(=O)O)CC[C@]4(C)C3CC[C@@]21C. The molecule has 4 aliphatic carbocycles. The van der Waals surface area contributed by atoms with Gasteiger partial charge in [-0.3, -0.25) is 38.6 Å². The minimum absolute atomic E-state index is 0.00333. The summed E-state index contributed by atoms with van der Waals surface area (Å²) in [4.78, 5) is 73.4. The van der Waals surface area contributed by atoms with Crippen molar-refractivity contribution >= 4 is 35.8 Å². The Bertz CT molecular complexity index is 1350. The largest absolute Gasteiger partial charge is 0.481 e. The van der Waals surface area contributed by atoms with Gasteiger partial charge in [0.1, 0.15) is 6.04 Å². The average Bonchev–Trinajstić information content (AvgIpc) is 3.44. The molecular formula is C39H64N4O11. The summed E-state index contributed by atoms with van der Waals surface area (Å²) in [7, 11) is 0. The van der Waals surface area contributed by atoms with E-state index in [4.69, 9.17) is 5.11 Å². The van der Waals surface area contributed by atoms with Crippen molar-refractivity contribution < 1.29 is 54.3 Å². The molecule has 0 bridgehead atoms. The van der Waals surface area contributed by atoms with Crippen molar-refractivity contribution in [2.45, 2.75) is 116 Å². The summed E-state index contributed by atoms with van der Waals surface area (Å²) in [6.07, 6.45) is 10.8. The number of hydrogen-bond donors (Lipinski definition) is 7. The zero-order valence-electron chi connectivity index (χ0n) is 32.3. The number of nitrogens with one attached hydrogen (secondary N) is 2. The lowest BCUT2D eigenvalue weighted by Gasteiger charge is -2.61. The summed E-state index contributed by atoms with van der Waals surface area (Å²) in [6.45, 7) is 5.96. The maximum atomic E-state index is 13.3. The van der Waals surface area contributed by atoms with E-state index >= 15 is 0 Å². The summed E-state index contributed by atoms with van der Waals surface area (Å²) in [5, 5.41) is 52.8. The van der Waals surface area contributed by atoms with Crippen LogP contribution in [0.4, 0.5) is 0 Å². The van der Waals surface area contributed by atoms with Crippen LogP contribution in [0.2, 0.25) is 0 Å². The van der Waals surface area contributed by atoms with Crippen molar-refractivity contribution in [3.05, 3.63) is 0 Å². The maximum absolute atomic E-state index is 13.3. The van der Waals surface area contributed by atoms with Gasteiger partial charge in [0.15, 0.2) is 0 Å². The summed E-state index contributed by atoms with van der Waals surface area (Å²) >= 11 is 0. The Kier molecular flexibility index (Phi) is 15.3. The molecule has 0 saturated heterocycles. The number of nitrogens with zero attached hydrogens (tertiary/aromatic N) is 2. The van der Waals surface area contributed by atoms with Gasteiger partial charge in [0, 0.05) is 45.1 Å². The molecule has 4 rings (SSSR count). The first-order valence-corrected chi connectivity index (χ1v) is 20.0. The van der Waals surface area contributed by atoms with Crippen LogP contribution in [-0.2, 0) is 28.8 Å². The number of carbonyl (C=O) groups is 6. The Morgan fingerprint density at radius 1 is 0.722 bits per heavy atom. The van der Waals surface area contributed by atoms with Crippen LogP contribution in [-0.4, -0.2) is 129 Å². The predicted octanol–water partition coefficient (Wildman–Crippen LogP) is 3.31. The lowest BCUT2D eigenvalue weighted by atomic mass is 9.44. The van der Waals surface area contributed by atoms with E-state index in [2.05, 4.69) is 31.4 Å². The third-order valence-corrected chi connectivity index (χ3v) is 14.2. The number of carbonyl (C=O) groups excluding carboxylic acids is 1. The standard InChI is InChI=1S/C39H64N4O11/c1-24(4-11-33(45)46)28-7-8-29-27-6-5-25-20-26(12-14-38(25,2)30(27)13-15-39(28,29)3)41-32(44)10-9-31(37(53)54)43(17-16-40-21-34(47)48)19-18-42(22-35(49)50)23-36(51)52/h24-31,40H,4-23H2,1-3H3,(H,41,44)(H,45,46)(H,47,48)(H,49,50)(H,51,52)(H,53,54)/t24?,25-,26+,27?,28-,29?,30?,31+,38+,39-/m1/s1. The van der Waals surface area contributed by atoms with Gasteiger partial charge in [-0.25, -0.2) is 0 Å². The van der Waals surface area contributed by atoms with E-state index in [0.29, 0.717) is 35.5 Å². The van der Waals surface area contributed by atoms with E-state index in [1.54, 1.807) is 0 Å². The Morgan fingerprint density at radius 2 is 1.39 bits per heavy atom. The Balaban J connectivity index is 1.33. The van der Waals surface area contributed by atoms with E-state index < -0.39 is 49.0 Å². The fourth-order valence-corrected chi connectivity index (χ4v) is 11.7.